The number of benzene rings is 1. The number of hydrogen-bond acceptors (Lipinski definition) is 3. The molecule has 0 fully saturated rings. The number of methoxy groups -OCH3 is 1. The molecule has 0 unspecified atom stereocenters. The Kier molecular flexibility index (Phi) is 6.25. The zero-order valence-corrected chi connectivity index (χ0v) is 11.4. The Hall–Kier alpha value is -0.970. The highest BCUT2D eigenvalue weighted by molar-refractivity contribution is 5.27. The van der Waals surface area contributed by atoms with Crippen molar-refractivity contribution < 1.29 is 9.13 Å². The third-order valence-corrected chi connectivity index (χ3v) is 3.07. The standard InChI is InChI=1S/C14H23FN2O/c1-11(2)17(6-7-18-3)10-13-8-14(15)5-4-12(13)9-16/h4-5,8,11H,6-7,9-10,16H2,1-3H3. The van der Waals surface area contributed by atoms with Crippen LogP contribution in [0.15, 0.2) is 18.2 Å². The number of rotatable bonds is 7. The highest BCUT2D eigenvalue weighted by Crippen LogP contribution is 2.15. The molecule has 1 rings (SSSR count). The maximum Gasteiger partial charge on any atom is 0.123 e. The van der Waals surface area contributed by atoms with Gasteiger partial charge >= 0.3 is 0 Å². The first-order chi connectivity index (χ1) is 8.58. The molecule has 2 N–H and O–H groups in total. The van der Waals surface area contributed by atoms with Crippen molar-refractivity contribution in [2.24, 2.45) is 5.73 Å². The first-order valence-corrected chi connectivity index (χ1v) is 6.28. The number of nitrogens with zero attached hydrogens (tertiary/aromatic N) is 1. The van der Waals surface area contributed by atoms with Crippen molar-refractivity contribution in [2.75, 3.05) is 20.3 Å². The first kappa shape index (κ1) is 15.1. The summed E-state index contributed by atoms with van der Waals surface area (Å²) in [6, 6.07) is 5.18. The molecule has 1 aromatic rings. The number of hydrogen-bond donors (Lipinski definition) is 1. The van der Waals surface area contributed by atoms with Crippen molar-refractivity contribution in [3.05, 3.63) is 35.1 Å². The van der Waals surface area contributed by atoms with E-state index in [9.17, 15) is 4.39 Å². The predicted molar refractivity (Wildman–Crippen MR) is 71.7 cm³/mol. The van der Waals surface area contributed by atoms with Crippen molar-refractivity contribution in [3.8, 4) is 0 Å². The fourth-order valence-corrected chi connectivity index (χ4v) is 1.89. The molecular formula is C14H23FN2O. The summed E-state index contributed by atoms with van der Waals surface area (Å²) in [5.41, 5.74) is 7.65. The lowest BCUT2D eigenvalue weighted by Gasteiger charge is -2.27. The van der Waals surface area contributed by atoms with Crippen LogP contribution in [0.3, 0.4) is 0 Å². The number of halogens is 1. The fraction of sp³-hybridized carbons (Fsp3) is 0.571. The quantitative estimate of drug-likeness (QED) is 0.810. The molecule has 0 heterocycles. The normalized spacial score (nSPS) is 11.5. The van der Waals surface area contributed by atoms with E-state index >= 15 is 0 Å². The van der Waals surface area contributed by atoms with Crippen LogP contribution in [-0.4, -0.2) is 31.2 Å². The summed E-state index contributed by atoms with van der Waals surface area (Å²) in [4.78, 5) is 2.25. The second-order valence-electron chi connectivity index (χ2n) is 4.67. The molecule has 0 amide bonds. The van der Waals surface area contributed by atoms with Gasteiger partial charge in [-0.3, -0.25) is 4.90 Å². The minimum Gasteiger partial charge on any atom is -0.383 e. The van der Waals surface area contributed by atoms with Crippen molar-refractivity contribution in [1.29, 1.82) is 0 Å². The smallest absolute Gasteiger partial charge is 0.123 e. The Bertz CT molecular complexity index is 369. The minimum absolute atomic E-state index is 0.211. The first-order valence-electron chi connectivity index (χ1n) is 6.28. The van der Waals surface area contributed by atoms with Crippen LogP contribution < -0.4 is 5.73 Å². The SMILES string of the molecule is COCCN(Cc1cc(F)ccc1CN)C(C)C. The Morgan fingerprint density at radius 3 is 2.61 bits per heavy atom. The second kappa shape index (κ2) is 7.46. The molecule has 18 heavy (non-hydrogen) atoms. The molecule has 0 saturated heterocycles. The summed E-state index contributed by atoms with van der Waals surface area (Å²) in [6.45, 7) is 6.88. The largest absolute Gasteiger partial charge is 0.383 e. The molecule has 0 radical (unpaired) electrons. The Balaban J connectivity index is 2.81. The molecule has 0 aliphatic rings. The second-order valence-corrected chi connectivity index (χ2v) is 4.67. The van der Waals surface area contributed by atoms with Gasteiger partial charge in [-0.1, -0.05) is 6.07 Å². The maximum absolute atomic E-state index is 13.3. The fourth-order valence-electron chi connectivity index (χ4n) is 1.89. The van der Waals surface area contributed by atoms with Gasteiger partial charge in [0.1, 0.15) is 5.82 Å². The molecule has 0 spiro atoms. The van der Waals surface area contributed by atoms with Gasteiger partial charge in [-0.2, -0.15) is 0 Å². The van der Waals surface area contributed by atoms with Gasteiger partial charge in [-0.25, -0.2) is 4.39 Å². The van der Waals surface area contributed by atoms with Gasteiger partial charge in [0.2, 0.25) is 0 Å². The van der Waals surface area contributed by atoms with Crippen LogP contribution in [0.1, 0.15) is 25.0 Å². The van der Waals surface area contributed by atoms with Gasteiger partial charge in [-0.15, -0.1) is 0 Å². The van der Waals surface area contributed by atoms with Gasteiger partial charge in [0.25, 0.3) is 0 Å². The zero-order valence-electron chi connectivity index (χ0n) is 11.4. The van der Waals surface area contributed by atoms with E-state index in [1.165, 1.54) is 6.07 Å². The molecule has 0 bridgehead atoms. The average Bonchev–Trinajstić information content (AvgIpc) is 2.34. The molecule has 0 saturated carbocycles. The molecular weight excluding hydrogens is 231 g/mol. The Morgan fingerprint density at radius 1 is 1.33 bits per heavy atom. The Labute approximate surface area is 109 Å². The summed E-state index contributed by atoms with van der Waals surface area (Å²) in [5, 5.41) is 0. The molecule has 0 aromatic heterocycles. The van der Waals surface area contributed by atoms with Crippen LogP contribution in [0.2, 0.25) is 0 Å². The van der Waals surface area contributed by atoms with Gasteiger partial charge in [0.05, 0.1) is 6.61 Å². The molecule has 0 aliphatic carbocycles. The average molecular weight is 254 g/mol. The molecule has 0 aliphatic heterocycles. The van der Waals surface area contributed by atoms with Crippen LogP contribution >= 0.6 is 0 Å². The Morgan fingerprint density at radius 2 is 2.06 bits per heavy atom. The molecule has 4 heteroatoms. The topological polar surface area (TPSA) is 38.5 Å². The molecule has 0 atom stereocenters. The van der Waals surface area contributed by atoms with E-state index < -0.39 is 0 Å². The molecule has 102 valence electrons. The van der Waals surface area contributed by atoms with Crippen LogP contribution in [0.25, 0.3) is 0 Å². The van der Waals surface area contributed by atoms with Crippen LogP contribution in [-0.2, 0) is 17.8 Å². The van der Waals surface area contributed by atoms with E-state index in [-0.39, 0.29) is 5.82 Å². The van der Waals surface area contributed by atoms with E-state index in [0.717, 1.165) is 17.7 Å². The summed E-state index contributed by atoms with van der Waals surface area (Å²) in [5.74, 6) is -0.211. The van der Waals surface area contributed by atoms with E-state index in [0.29, 0.717) is 25.7 Å². The third kappa shape index (κ3) is 4.37. The lowest BCUT2D eigenvalue weighted by atomic mass is 10.1. The summed E-state index contributed by atoms with van der Waals surface area (Å²) in [7, 11) is 1.69. The van der Waals surface area contributed by atoms with E-state index in [2.05, 4.69) is 18.7 Å². The van der Waals surface area contributed by atoms with Gasteiger partial charge in [0, 0.05) is 32.8 Å². The summed E-state index contributed by atoms with van der Waals surface area (Å²) < 4.78 is 18.4. The lowest BCUT2D eigenvalue weighted by Crippen LogP contribution is -2.33. The maximum atomic E-state index is 13.3. The van der Waals surface area contributed by atoms with Crippen molar-refractivity contribution in [2.45, 2.75) is 33.0 Å². The van der Waals surface area contributed by atoms with Gasteiger partial charge in [0.15, 0.2) is 0 Å². The van der Waals surface area contributed by atoms with Crippen LogP contribution in [0.4, 0.5) is 4.39 Å². The molecule has 1 aromatic carbocycles. The van der Waals surface area contributed by atoms with E-state index in [4.69, 9.17) is 10.5 Å². The number of ether oxygens (including phenoxy) is 1. The number of nitrogens with two attached hydrogens (primary N) is 1. The monoisotopic (exact) mass is 254 g/mol. The van der Waals surface area contributed by atoms with Crippen molar-refractivity contribution >= 4 is 0 Å². The van der Waals surface area contributed by atoms with Crippen LogP contribution in [0.5, 0.6) is 0 Å². The van der Waals surface area contributed by atoms with Crippen molar-refractivity contribution in [3.63, 3.8) is 0 Å². The van der Waals surface area contributed by atoms with Crippen molar-refractivity contribution in [1.82, 2.24) is 4.90 Å². The van der Waals surface area contributed by atoms with Gasteiger partial charge in [-0.05, 0) is 37.1 Å². The zero-order chi connectivity index (χ0) is 13.5. The highest BCUT2D eigenvalue weighted by atomic mass is 19.1. The van der Waals surface area contributed by atoms with Crippen LogP contribution in [0, 0.1) is 5.82 Å². The molecule has 3 nitrogen and oxygen atoms in total. The minimum atomic E-state index is -0.211. The predicted octanol–water partition coefficient (Wildman–Crippen LogP) is 2.14. The lowest BCUT2D eigenvalue weighted by molar-refractivity contribution is 0.124. The summed E-state index contributed by atoms with van der Waals surface area (Å²) >= 11 is 0. The summed E-state index contributed by atoms with van der Waals surface area (Å²) in [6.07, 6.45) is 0. The van der Waals surface area contributed by atoms with Gasteiger partial charge < -0.3 is 10.5 Å². The van der Waals surface area contributed by atoms with E-state index in [1.807, 2.05) is 0 Å². The third-order valence-electron chi connectivity index (χ3n) is 3.07. The highest BCUT2D eigenvalue weighted by Gasteiger charge is 2.12. The van der Waals surface area contributed by atoms with E-state index in [1.54, 1.807) is 19.2 Å².